The Labute approximate surface area is 134 Å². The van der Waals surface area contributed by atoms with Crippen LogP contribution in [0.1, 0.15) is 60.9 Å². The predicted molar refractivity (Wildman–Crippen MR) is 90.4 cm³/mol. The fourth-order valence-electron chi connectivity index (χ4n) is 2.79. The Morgan fingerprint density at radius 3 is 2.38 bits per heavy atom. The summed E-state index contributed by atoms with van der Waals surface area (Å²) in [7, 11) is 1.90. The van der Waals surface area contributed by atoms with E-state index < -0.39 is 0 Å². The first-order valence-corrected chi connectivity index (χ1v) is 7.76. The van der Waals surface area contributed by atoms with Crippen LogP contribution >= 0.6 is 12.4 Å². The van der Waals surface area contributed by atoms with E-state index in [1.807, 2.05) is 26.1 Å². The molecule has 0 aliphatic heterocycles. The number of amides is 1. The summed E-state index contributed by atoms with van der Waals surface area (Å²) in [6, 6.07) is 8.48. The summed E-state index contributed by atoms with van der Waals surface area (Å²) in [5.74, 6) is 0.715. The van der Waals surface area contributed by atoms with Gasteiger partial charge >= 0.3 is 0 Å². The van der Waals surface area contributed by atoms with Gasteiger partial charge in [-0.2, -0.15) is 0 Å². The number of carbonyl (C=O) groups is 1. The molecule has 1 saturated carbocycles. The van der Waals surface area contributed by atoms with Crippen LogP contribution in [-0.2, 0) is 0 Å². The van der Waals surface area contributed by atoms with E-state index in [9.17, 15) is 4.79 Å². The Balaban J connectivity index is 0.00000220. The molecule has 3 nitrogen and oxygen atoms in total. The van der Waals surface area contributed by atoms with E-state index in [-0.39, 0.29) is 18.3 Å². The molecular weight excluding hydrogens is 284 g/mol. The third kappa shape index (κ3) is 5.33. The minimum Gasteiger partial charge on any atom is -0.350 e. The van der Waals surface area contributed by atoms with Gasteiger partial charge in [0.25, 0.3) is 5.91 Å². The third-order valence-corrected chi connectivity index (χ3v) is 4.31. The van der Waals surface area contributed by atoms with E-state index >= 15 is 0 Å². The van der Waals surface area contributed by atoms with Gasteiger partial charge in [0.1, 0.15) is 0 Å². The van der Waals surface area contributed by atoms with Gasteiger partial charge < -0.3 is 10.6 Å². The number of likely N-dealkylation sites (N-methyl/N-ethyl adjacent to an activating group) is 1. The average molecular weight is 311 g/mol. The number of hydrogen-bond acceptors (Lipinski definition) is 2. The molecule has 1 aromatic carbocycles. The Bertz CT molecular complexity index is 427. The van der Waals surface area contributed by atoms with E-state index in [2.05, 4.69) is 22.8 Å². The van der Waals surface area contributed by atoms with Crippen molar-refractivity contribution >= 4 is 18.3 Å². The molecule has 1 unspecified atom stereocenters. The minimum atomic E-state index is 0. The van der Waals surface area contributed by atoms with E-state index in [1.165, 1.54) is 37.7 Å². The molecule has 0 aromatic heterocycles. The summed E-state index contributed by atoms with van der Waals surface area (Å²) in [6.07, 6.45) is 6.65. The highest BCUT2D eigenvalue weighted by Crippen LogP contribution is 2.32. The largest absolute Gasteiger partial charge is 0.350 e. The molecule has 118 valence electrons. The van der Waals surface area contributed by atoms with Crippen LogP contribution < -0.4 is 10.6 Å². The number of nitrogens with one attached hydrogen (secondary N) is 2. The highest BCUT2D eigenvalue weighted by atomic mass is 35.5. The quantitative estimate of drug-likeness (QED) is 0.874. The third-order valence-electron chi connectivity index (χ3n) is 4.31. The zero-order chi connectivity index (χ0) is 14.4. The fourth-order valence-corrected chi connectivity index (χ4v) is 2.79. The van der Waals surface area contributed by atoms with Crippen molar-refractivity contribution in [2.45, 2.75) is 51.0 Å². The van der Waals surface area contributed by atoms with Crippen molar-refractivity contribution in [3.63, 3.8) is 0 Å². The van der Waals surface area contributed by atoms with Gasteiger partial charge in [0.05, 0.1) is 0 Å². The first-order valence-electron chi connectivity index (χ1n) is 7.76. The SMILES string of the molecule is CNC(C)CNC(=O)c1ccc(C2CCCCC2)cc1.Cl. The molecule has 21 heavy (non-hydrogen) atoms. The van der Waals surface area contributed by atoms with Crippen molar-refractivity contribution in [1.29, 1.82) is 0 Å². The monoisotopic (exact) mass is 310 g/mol. The highest BCUT2D eigenvalue weighted by molar-refractivity contribution is 5.94. The number of hydrogen-bond donors (Lipinski definition) is 2. The van der Waals surface area contributed by atoms with Gasteiger partial charge in [-0.1, -0.05) is 31.4 Å². The maximum atomic E-state index is 12.0. The van der Waals surface area contributed by atoms with E-state index in [4.69, 9.17) is 0 Å². The van der Waals surface area contributed by atoms with Crippen LogP contribution in [0.2, 0.25) is 0 Å². The Hall–Kier alpha value is -1.06. The van der Waals surface area contributed by atoms with Crippen molar-refractivity contribution in [3.05, 3.63) is 35.4 Å². The van der Waals surface area contributed by atoms with Crippen LogP contribution in [0.25, 0.3) is 0 Å². The molecule has 0 heterocycles. The van der Waals surface area contributed by atoms with Gasteiger partial charge in [0.2, 0.25) is 0 Å². The molecule has 2 rings (SSSR count). The van der Waals surface area contributed by atoms with Crippen molar-refractivity contribution in [2.75, 3.05) is 13.6 Å². The molecular formula is C17H27ClN2O. The van der Waals surface area contributed by atoms with E-state index in [1.54, 1.807) is 0 Å². The van der Waals surface area contributed by atoms with Crippen LogP contribution in [0.15, 0.2) is 24.3 Å². The van der Waals surface area contributed by atoms with Crippen LogP contribution in [0, 0.1) is 0 Å². The average Bonchev–Trinajstić information content (AvgIpc) is 2.53. The molecule has 1 fully saturated rings. The lowest BCUT2D eigenvalue weighted by Crippen LogP contribution is -2.37. The second kappa shape index (κ2) is 9.06. The summed E-state index contributed by atoms with van der Waals surface area (Å²) in [6.45, 7) is 2.70. The number of benzene rings is 1. The molecule has 0 radical (unpaired) electrons. The highest BCUT2D eigenvalue weighted by Gasteiger charge is 2.15. The molecule has 0 bridgehead atoms. The number of rotatable bonds is 5. The molecule has 0 spiro atoms. The van der Waals surface area contributed by atoms with Gasteiger partial charge in [-0.15, -0.1) is 12.4 Å². The van der Waals surface area contributed by atoms with Crippen LogP contribution in [0.5, 0.6) is 0 Å². The summed E-state index contributed by atoms with van der Waals surface area (Å²) in [5, 5.41) is 6.06. The van der Waals surface area contributed by atoms with Crippen molar-refractivity contribution < 1.29 is 4.79 Å². The molecule has 1 aromatic rings. The first-order chi connectivity index (χ1) is 9.70. The van der Waals surface area contributed by atoms with Gasteiger partial charge in [-0.3, -0.25) is 4.79 Å². The zero-order valence-electron chi connectivity index (χ0n) is 13.0. The first kappa shape index (κ1) is 18.0. The van der Waals surface area contributed by atoms with Crippen LogP contribution in [-0.4, -0.2) is 25.5 Å². The van der Waals surface area contributed by atoms with Crippen LogP contribution in [0.4, 0.5) is 0 Å². The standard InChI is InChI=1S/C17H26N2O.ClH/c1-13(18-2)12-19-17(20)16-10-8-15(9-11-16)14-6-4-3-5-7-14;/h8-11,13-14,18H,3-7,12H2,1-2H3,(H,19,20);1H. The summed E-state index contributed by atoms with van der Waals surface area (Å²) in [5.41, 5.74) is 2.15. The molecule has 0 saturated heterocycles. The topological polar surface area (TPSA) is 41.1 Å². The van der Waals surface area contributed by atoms with Crippen molar-refractivity contribution in [3.8, 4) is 0 Å². The minimum absolute atomic E-state index is 0. The normalized spacial score (nSPS) is 16.9. The lowest BCUT2D eigenvalue weighted by Gasteiger charge is -2.22. The zero-order valence-corrected chi connectivity index (χ0v) is 13.8. The van der Waals surface area contributed by atoms with Crippen molar-refractivity contribution in [1.82, 2.24) is 10.6 Å². The van der Waals surface area contributed by atoms with Gasteiger partial charge in [0.15, 0.2) is 0 Å². The molecule has 2 N–H and O–H groups in total. The smallest absolute Gasteiger partial charge is 0.251 e. The molecule has 1 atom stereocenters. The Kier molecular flexibility index (Phi) is 7.76. The second-order valence-corrected chi connectivity index (χ2v) is 5.86. The second-order valence-electron chi connectivity index (χ2n) is 5.86. The van der Waals surface area contributed by atoms with Gasteiger partial charge in [-0.05, 0) is 50.4 Å². The maximum absolute atomic E-state index is 12.0. The van der Waals surface area contributed by atoms with E-state index in [0.717, 1.165) is 5.56 Å². The van der Waals surface area contributed by atoms with Crippen LogP contribution in [0.3, 0.4) is 0 Å². The molecule has 1 aliphatic carbocycles. The predicted octanol–water partition coefficient (Wildman–Crippen LogP) is 3.49. The molecule has 1 amide bonds. The van der Waals surface area contributed by atoms with E-state index in [0.29, 0.717) is 18.5 Å². The van der Waals surface area contributed by atoms with Gasteiger partial charge in [-0.25, -0.2) is 0 Å². The molecule has 1 aliphatic rings. The van der Waals surface area contributed by atoms with Gasteiger partial charge in [0, 0.05) is 18.2 Å². The summed E-state index contributed by atoms with van der Waals surface area (Å²) >= 11 is 0. The number of halogens is 1. The molecule has 4 heteroatoms. The van der Waals surface area contributed by atoms with Crippen molar-refractivity contribution in [2.24, 2.45) is 0 Å². The summed E-state index contributed by atoms with van der Waals surface area (Å²) in [4.78, 5) is 12.0. The summed E-state index contributed by atoms with van der Waals surface area (Å²) < 4.78 is 0. The maximum Gasteiger partial charge on any atom is 0.251 e. The lowest BCUT2D eigenvalue weighted by atomic mass is 9.84. The Morgan fingerprint density at radius 1 is 1.19 bits per heavy atom. The fraction of sp³-hybridized carbons (Fsp3) is 0.588. The Morgan fingerprint density at radius 2 is 1.81 bits per heavy atom. The number of carbonyl (C=O) groups excluding carboxylic acids is 1. The lowest BCUT2D eigenvalue weighted by molar-refractivity contribution is 0.0950.